The third kappa shape index (κ3) is 5.55. The summed E-state index contributed by atoms with van der Waals surface area (Å²) in [6.45, 7) is 1.45. The van der Waals surface area contributed by atoms with Crippen LogP contribution in [0.5, 0.6) is 5.75 Å². The molecule has 0 atom stereocenters. The van der Waals surface area contributed by atoms with E-state index in [-0.39, 0.29) is 11.5 Å². The lowest BCUT2D eigenvalue weighted by Crippen LogP contribution is -2.20. The fourth-order valence-corrected chi connectivity index (χ4v) is 3.56. The lowest BCUT2D eigenvalue weighted by molar-refractivity contribution is -0.118. The van der Waals surface area contributed by atoms with Crippen molar-refractivity contribution >= 4 is 27.3 Å². The number of anilines is 2. The highest BCUT2D eigenvalue weighted by atomic mass is 32.2. The number of nitrogens with one attached hydrogen (secondary N) is 2. The van der Waals surface area contributed by atoms with Gasteiger partial charge in [-0.2, -0.15) is 0 Å². The van der Waals surface area contributed by atoms with E-state index in [9.17, 15) is 17.6 Å². The molecule has 0 aliphatic heterocycles. The maximum atomic E-state index is 13.3. The molecule has 0 aliphatic carbocycles. The molecule has 2 N–H and O–H groups in total. The van der Waals surface area contributed by atoms with E-state index < -0.39 is 21.7 Å². The number of hydrogen-bond donors (Lipinski definition) is 2. The van der Waals surface area contributed by atoms with Crippen LogP contribution in [0.2, 0.25) is 0 Å². The van der Waals surface area contributed by atoms with E-state index in [1.54, 1.807) is 43.3 Å². The molecule has 0 spiro atoms. The molecule has 6 nitrogen and oxygen atoms in total. The Labute approximate surface area is 168 Å². The minimum Gasteiger partial charge on any atom is -0.484 e. The summed E-state index contributed by atoms with van der Waals surface area (Å²) in [5, 5.41) is 2.57. The molecule has 0 heterocycles. The van der Waals surface area contributed by atoms with Gasteiger partial charge in [0.1, 0.15) is 11.6 Å². The van der Waals surface area contributed by atoms with Gasteiger partial charge >= 0.3 is 0 Å². The Morgan fingerprint density at radius 3 is 2.38 bits per heavy atom. The van der Waals surface area contributed by atoms with Crippen molar-refractivity contribution in [2.75, 3.05) is 16.6 Å². The fourth-order valence-electron chi connectivity index (χ4n) is 2.50. The van der Waals surface area contributed by atoms with Crippen molar-refractivity contribution in [1.82, 2.24) is 0 Å². The Morgan fingerprint density at radius 2 is 1.69 bits per heavy atom. The van der Waals surface area contributed by atoms with Gasteiger partial charge in [0, 0.05) is 11.4 Å². The van der Waals surface area contributed by atoms with Gasteiger partial charge in [0.15, 0.2) is 6.61 Å². The van der Waals surface area contributed by atoms with E-state index in [2.05, 4.69) is 10.0 Å². The van der Waals surface area contributed by atoms with E-state index in [0.717, 1.165) is 5.56 Å². The van der Waals surface area contributed by atoms with Crippen LogP contribution in [0.25, 0.3) is 0 Å². The minimum absolute atomic E-state index is 0.0635. The summed E-state index contributed by atoms with van der Waals surface area (Å²) < 4.78 is 45.9. The van der Waals surface area contributed by atoms with Crippen molar-refractivity contribution in [3.05, 3.63) is 84.2 Å². The molecule has 0 aromatic heterocycles. The molecule has 0 fully saturated rings. The highest BCUT2D eigenvalue weighted by molar-refractivity contribution is 7.92. The molecule has 0 unspecified atom stereocenters. The smallest absolute Gasteiger partial charge is 0.262 e. The number of rotatable bonds is 7. The number of ether oxygens (including phenoxy) is 1. The van der Waals surface area contributed by atoms with Crippen LogP contribution >= 0.6 is 0 Å². The summed E-state index contributed by atoms with van der Waals surface area (Å²) in [5.41, 5.74) is 1.55. The second-order valence-electron chi connectivity index (χ2n) is 6.24. The van der Waals surface area contributed by atoms with Crippen LogP contribution < -0.4 is 14.8 Å². The van der Waals surface area contributed by atoms with Crippen molar-refractivity contribution in [1.29, 1.82) is 0 Å². The SMILES string of the molecule is Cc1ccc(F)cc1NC(=O)COc1ccc(S(=O)(=O)Nc2ccccc2)cc1. The Bertz CT molecular complexity index is 1100. The summed E-state index contributed by atoms with van der Waals surface area (Å²) in [4.78, 5) is 12.1. The van der Waals surface area contributed by atoms with Crippen LogP contribution in [0.3, 0.4) is 0 Å². The predicted octanol–water partition coefficient (Wildman–Crippen LogP) is 3.95. The standard InChI is InChI=1S/C21H19FN2O4S/c1-15-7-8-16(22)13-20(15)23-21(25)14-28-18-9-11-19(12-10-18)29(26,27)24-17-5-3-2-4-6-17/h2-13,24H,14H2,1H3,(H,23,25). The van der Waals surface area contributed by atoms with Crippen molar-refractivity contribution in [3.8, 4) is 5.75 Å². The van der Waals surface area contributed by atoms with Crippen LogP contribution in [0.15, 0.2) is 77.7 Å². The van der Waals surface area contributed by atoms with Crippen molar-refractivity contribution in [2.24, 2.45) is 0 Å². The highest BCUT2D eigenvalue weighted by Crippen LogP contribution is 2.20. The number of hydrogen-bond acceptors (Lipinski definition) is 4. The van der Waals surface area contributed by atoms with E-state index in [4.69, 9.17) is 4.74 Å². The Hall–Kier alpha value is -3.39. The van der Waals surface area contributed by atoms with Crippen LogP contribution in [0, 0.1) is 12.7 Å². The molecule has 3 rings (SSSR count). The minimum atomic E-state index is -3.73. The molecule has 0 saturated carbocycles. The Kier molecular flexibility index (Phi) is 6.13. The molecule has 3 aromatic carbocycles. The highest BCUT2D eigenvalue weighted by Gasteiger charge is 2.14. The molecular formula is C21H19FN2O4S. The van der Waals surface area contributed by atoms with E-state index >= 15 is 0 Å². The lowest BCUT2D eigenvalue weighted by atomic mass is 10.2. The normalized spacial score (nSPS) is 11.0. The Morgan fingerprint density at radius 1 is 1.00 bits per heavy atom. The third-order valence-corrected chi connectivity index (χ3v) is 5.40. The average Bonchev–Trinajstić information content (AvgIpc) is 2.70. The maximum Gasteiger partial charge on any atom is 0.262 e. The molecule has 0 saturated heterocycles. The van der Waals surface area contributed by atoms with E-state index in [1.165, 1.54) is 36.4 Å². The first-order chi connectivity index (χ1) is 13.8. The quantitative estimate of drug-likeness (QED) is 0.613. The molecular weight excluding hydrogens is 395 g/mol. The van der Waals surface area contributed by atoms with Gasteiger partial charge in [-0.3, -0.25) is 9.52 Å². The largest absolute Gasteiger partial charge is 0.484 e. The number of benzene rings is 3. The monoisotopic (exact) mass is 414 g/mol. The lowest BCUT2D eigenvalue weighted by Gasteiger charge is -2.11. The molecule has 29 heavy (non-hydrogen) atoms. The molecule has 8 heteroatoms. The molecule has 150 valence electrons. The zero-order valence-corrected chi connectivity index (χ0v) is 16.4. The first-order valence-electron chi connectivity index (χ1n) is 8.70. The summed E-state index contributed by atoms with van der Waals surface area (Å²) in [5.74, 6) is -0.580. The number of sulfonamides is 1. The van der Waals surface area contributed by atoms with Gasteiger partial charge in [-0.1, -0.05) is 24.3 Å². The van der Waals surface area contributed by atoms with Crippen molar-refractivity contribution < 1.29 is 22.3 Å². The first-order valence-corrected chi connectivity index (χ1v) is 10.2. The number of aryl methyl sites for hydroxylation is 1. The van der Waals surface area contributed by atoms with Gasteiger partial charge < -0.3 is 10.1 Å². The van der Waals surface area contributed by atoms with Gasteiger partial charge in [0.25, 0.3) is 15.9 Å². The molecule has 0 bridgehead atoms. The maximum absolute atomic E-state index is 13.3. The predicted molar refractivity (Wildman–Crippen MR) is 109 cm³/mol. The number of carbonyl (C=O) groups is 1. The second-order valence-corrected chi connectivity index (χ2v) is 7.92. The fraction of sp³-hybridized carbons (Fsp3) is 0.0952. The molecule has 1 amide bonds. The Balaban J connectivity index is 1.59. The van der Waals surface area contributed by atoms with Gasteiger partial charge in [-0.25, -0.2) is 12.8 Å². The van der Waals surface area contributed by atoms with Crippen LogP contribution in [-0.2, 0) is 14.8 Å². The number of halogens is 1. The van der Waals surface area contributed by atoms with Gasteiger partial charge in [0.05, 0.1) is 4.90 Å². The topological polar surface area (TPSA) is 84.5 Å². The van der Waals surface area contributed by atoms with E-state index in [0.29, 0.717) is 17.1 Å². The zero-order chi connectivity index (χ0) is 20.9. The van der Waals surface area contributed by atoms with Crippen LogP contribution in [0.1, 0.15) is 5.56 Å². The molecule has 3 aromatic rings. The van der Waals surface area contributed by atoms with E-state index in [1.807, 2.05) is 0 Å². The summed E-state index contributed by atoms with van der Waals surface area (Å²) in [7, 11) is -3.73. The second kappa shape index (κ2) is 8.74. The van der Waals surface area contributed by atoms with Crippen LogP contribution in [0.4, 0.5) is 15.8 Å². The zero-order valence-electron chi connectivity index (χ0n) is 15.6. The molecule has 0 radical (unpaired) electrons. The van der Waals surface area contributed by atoms with Crippen LogP contribution in [-0.4, -0.2) is 20.9 Å². The van der Waals surface area contributed by atoms with Gasteiger partial charge in [-0.05, 0) is 61.0 Å². The average molecular weight is 414 g/mol. The van der Waals surface area contributed by atoms with Crippen molar-refractivity contribution in [3.63, 3.8) is 0 Å². The number of carbonyl (C=O) groups excluding carboxylic acids is 1. The first kappa shape index (κ1) is 20.3. The number of amides is 1. The van der Waals surface area contributed by atoms with Gasteiger partial charge in [0.2, 0.25) is 0 Å². The number of para-hydroxylation sites is 1. The molecule has 0 aliphatic rings. The van der Waals surface area contributed by atoms with Crippen molar-refractivity contribution in [2.45, 2.75) is 11.8 Å². The third-order valence-electron chi connectivity index (χ3n) is 4.00. The summed E-state index contributed by atoms with van der Waals surface area (Å²) in [6.07, 6.45) is 0. The summed E-state index contributed by atoms with van der Waals surface area (Å²) in [6, 6.07) is 18.3. The summed E-state index contributed by atoms with van der Waals surface area (Å²) >= 11 is 0. The van der Waals surface area contributed by atoms with Gasteiger partial charge in [-0.15, -0.1) is 0 Å².